The van der Waals surface area contributed by atoms with Gasteiger partial charge in [-0.05, 0) is 6.42 Å². The summed E-state index contributed by atoms with van der Waals surface area (Å²) in [6, 6.07) is -0.309. The Balaban J connectivity index is 3.16. The van der Waals surface area contributed by atoms with Crippen LogP contribution < -0.4 is 22.3 Å². The molecule has 110 valence electrons. The van der Waals surface area contributed by atoms with Crippen molar-refractivity contribution < 1.29 is 4.74 Å². The highest BCUT2D eigenvalue weighted by Gasteiger charge is 2.14. The first-order valence-electron chi connectivity index (χ1n) is 6.39. The summed E-state index contributed by atoms with van der Waals surface area (Å²) in [7, 11) is 1.52. The first-order valence-corrected chi connectivity index (χ1v) is 6.39. The van der Waals surface area contributed by atoms with E-state index in [0.29, 0.717) is 13.0 Å². The zero-order chi connectivity index (χ0) is 15.1. The number of nitrogens with one attached hydrogen (secondary N) is 2. The van der Waals surface area contributed by atoms with Crippen molar-refractivity contribution in [2.75, 3.05) is 24.8 Å². The Morgan fingerprint density at radius 3 is 2.80 bits per heavy atom. The van der Waals surface area contributed by atoms with Crippen LogP contribution in [-0.4, -0.2) is 29.3 Å². The van der Waals surface area contributed by atoms with Gasteiger partial charge in [0.05, 0.1) is 19.2 Å². The number of aromatic nitrogens is 2. The molecule has 0 aromatic carbocycles. The van der Waals surface area contributed by atoms with Crippen LogP contribution in [0.1, 0.15) is 19.8 Å². The standard InChI is InChI=1S/C13H20N4O3/c1-4-6-9(5-2)15-10-11(14)17(7-8-20-3)13(19)16-12(10)18/h2,9,15H,4,6-8,14H2,1,3H3,(H,16,18,19). The average Bonchev–Trinajstić information content (AvgIpc) is 2.42. The molecule has 1 aromatic rings. The van der Waals surface area contributed by atoms with Gasteiger partial charge in [-0.3, -0.25) is 14.3 Å². The van der Waals surface area contributed by atoms with Crippen molar-refractivity contribution in [2.45, 2.75) is 32.4 Å². The number of aromatic amines is 1. The molecule has 0 saturated heterocycles. The fourth-order valence-corrected chi connectivity index (χ4v) is 1.79. The molecule has 0 aliphatic carbocycles. The van der Waals surface area contributed by atoms with E-state index in [1.807, 2.05) is 6.92 Å². The van der Waals surface area contributed by atoms with Gasteiger partial charge < -0.3 is 15.8 Å². The van der Waals surface area contributed by atoms with Gasteiger partial charge in [-0.1, -0.05) is 19.3 Å². The van der Waals surface area contributed by atoms with Gasteiger partial charge in [0.1, 0.15) is 11.5 Å². The molecule has 0 bridgehead atoms. The smallest absolute Gasteiger partial charge is 0.330 e. The molecular formula is C13H20N4O3. The predicted molar refractivity (Wildman–Crippen MR) is 78.8 cm³/mol. The Bertz CT molecular complexity index is 597. The van der Waals surface area contributed by atoms with Gasteiger partial charge in [-0.15, -0.1) is 6.42 Å². The van der Waals surface area contributed by atoms with E-state index in [1.54, 1.807) is 0 Å². The quantitative estimate of drug-likeness (QED) is 0.609. The molecule has 0 aliphatic heterocycles. The number of ether oxygens (including phenoxy) is 1. The summed E-state index contributed by atoms with van der Waals surface area (Å²) in [6.45, 7) is 2.54. The van der Waals surface area contributed by atoms with Crippen molar-refractivity contribution >= 4 is 11.5 Å². The Hall–Kier alpha value is -2.20. The summed E-state index contributed by atoms with van der Waals surface area (Å²) in [5.41, 5.74) is 4.87. The zero-order valence-corrected chi connectivity index (χ0v) is 11.7. The number of anilines is 2. The van der Waals surface area contributed by atoms with Gasteiger partial charge in [0.2, 0.25) is 0 Å². The van der Waals surface area contributed by atoms with Gasteiger partial charge >= 0.3 is 5.69 Å². The summed E-state index contributed by atoms with van der Waals surface area (Å²) in [4.78, 5) is 25.7. The van der Waals surface area contributed by atoms with Crippen molar-refractivity contribution in [3.63, 3.8) is 0 Å². The second-order valence-corrected chi connectivity index (χ2v) is 4.32. The van der Waals surface area contributed by atoms with Crippen LogP contribution in [0.5, 0.6) is 0 Å². The fraction of sp³-hybridized carbons (Fsp3) is 0.538. The van der Waals surface area contributed by atoms with E-state index >= 15 is 0 Å². The van der Waals surface area contributed by atoms with E-state index in [9.17, 15) is 9.59 Å². The number of nitrogens with zero attached hydrogens (tertiary/aromatic N) is 1. The number of hydrogen-bond acceptors (Lipinski definition) is 5. The Kier molecular flexibility index (Phi) is 5.87. The molecule has 0 saturated carbocycles. The topological polar surface area (TPSA) is 102 Å². The van der Waals surface area contributed by atoms with Crippen molar-refractivity contribution in [3.8, 4) is 12.3 Å². The first kappa shape index (κ1) is 15.9. The van der Waals surface area contributed by atoms with Crippen molar-refractivity contribution in [3.05, 3.63) is 20.8 Å². The second-order valence-electron chi connectivity index (χ2n) is 4.32. The second kappa shape index (κ2) is 7.40. The summed E-state index contributed by atoms with van der Waals surface area (Å²) in [6.07, 6.45) is 6.97. The molecule has 1 atom stereocenters. The van der Waals surface area contributed by atoms with Crippen LogP contribution in [-0.2, 0) is 11.3 Å². The Morgan fingerprint density at radius 2 is 2.25 bits per heavy atom. The van der Waals surface area contributed by atoms with Gasteiger partial charge in [0.15, 0.2) is 0 Å². The van der Waals surface area contributed by atoms with E-state index in [-0.39, 0.29) is 24.1 Å². The number of terminal acetylenes is 1. The maximum atomic E-state index is 11.8. The van der Waals surface area contributed by atoms with Crippen LogP contribution in [0.2, 0.25) is 0 Å². The number of hydrogen-bond donors (Lipinski definition) is 3. The van der Waals surface area contributed by atoms with Crippen LogP contribution in [0.3, 0.4) is 0 Å². The first-order chi connectivity index (χ1) is 9.54. The van der Waals surface area contributed by atoms with Crippen molar-refractivity contribution in [1.29, 1.82) is 0 Å². The maximum Gasteiger partial charge on any atom is 0.330 e. The minimum absolute atomic E-state index is 0.0622. The lowest BCUT2D eigenvalue weighted by Crippen LogP contribution is -2.36. The predicted octanol–water partition coefficient (Wildman–Crippen LogP) is -0.0210. The SMILES string of the molecule is C#CC(CCC)Nc1c(N)n(CCOC)c(=O)[nH]c1=O. The third-order valence-electron chi connectivity index (χ3n) is 2.86. The molecule has 20 heavy (non-hydrogen) atoms. The molecule has 7 heteroatoms. The van der Waals surface area contributed by atoms with E-state index in [2.05, 4.69) is 16.2 Å². The summed E-state index contributed by atoms with van der Waals surface area (Å²) in [5, 5.41) is 2.90. The lowest BCUT2D eigenvalue weighted by molar-refractivity contribution is 0.186. The van der Waals surface area contributed by atoms with E-state index < -0.39 is 11.2 Å². The number of rotatable bonds is 7. The summed E-state index contributed by atoms with van der Waals surface area (Å²) in [5.74, 6) is 2.61. The largest absolute Gasteiger partial charge is 0.383 e. The molecule has 1 aromatic heterocycles. The van der Waals surface area contributed by atoms with E-state index in [4.69, 9.17) is 16.9 Å². The third kappa shape index (κ3) is 3.65. The monoisotopic (exact) mass is 280 g/mol. The number of nitrogens with two attached hydrogens (primary N) is 1. The summed E-state index contributed by atoms with van der Waals surface area (Å²) >= 11 is 0. The molecule has 1 unspecified atom stereocenters. The normalized spacial score (nSPS) is 11.8. The number of H-pyrrole nitrogens is 1. The lowest BCUT2D eigenvalue weighted by Gasteiger charge is -2.17. The van der Waals surface area contributed by atoms with Crippen LogP contribution in [0.4, 0.5) is 11.5 Å². The molecule has 7 nitrogen and oxygen atoms in total. The number of methoxy groups -OCH3 is 1. The highest BCUT2D eigenvalue weighted by Crippen LogP contribution is 2.13. The minimum atomic E-state index is -0.572. The molecule has 0 fully saturated rings. The van der Waals surface area contributed by atoms with Gasteiger partial charge in [0, 0.05) is 7.11 Å². The van der Waals surface area contributed by atoms with Crippen LogP contribution in [0.25, 0.3) is 0 Å². The van der Waals surface area contributed by atoms with Crippen LogP contribution >= 0.6 is 0 Å². The van der Waals surface area contributed by atoms with E-state index in [1.165, 1.54) is 11.7 Å². The van der Waals surface area contributed by atoms with Crippen molar-refractivity contribution in [1.82, 2.24) is 9.55 Å². The van der Waals surface area contributed by atoms with Gasteiger partial charge in [-0.2, -0.15) is 0 Å². The zero-order valence-electron chi connectivity index (χ0n) is 11.7. The minimum Gasteiger partial charge on any atom is -0.383 e. The third-order valence-corrected chi connectivity index (χ3v) is 2.86. The molecule has 0 spiro atoms. The molecule has 1 heterocycles. The van der Waals surface area contributed by atoms with Gasteiger partial charge in [0.25, 0.3) is 5.56 Å². The highest BCUT2D eigenvalue weighted by atomic mass is 16.5. The number of nitrogen functional groups attached to an aromatic ring is 1. The maximum absolute atomic E-state index is 11.8. The lowest BCUT2D eigenvalue weighted by atomic mass is 10.2. The molecule has 4 N–H and O–H groups in total. The fourth-order valence-electron chi connectivity index (χ4n) is 1.79. The molecule has 0 amide bonds. The average molecular weight is 280 g/mol. The van der Waals surface area contributed by atoms with Crippen LogP contribution in [0, 0.1) is 12.3 Å². The molecule has 0 aliphatic rings. The van der Waals surface area contributed by atoms with Crippen LogP contribution in [0.15, 0.2) is 9.59 Å². The highest BCUT2D eigenvalue weighted by molar-refractivity contribution is 5.61. The van der Waals surface area contributed by atoms with E-state index in [0.717, 1.165) is 6.42 Å². The molecule has 0 radical (unpaired) electrons. The molecule has 1 rings (SSSR count). The Morgan fingerprint density at radius 1 is 1.55 bits per heavy atom. The van der Waals surface area contributed by atoms with Gasteiger partial charge in [-0.25, -0.2) is 4.79 Å². The summed E-state index contributed by atoms with van der Waals surface area (Å²) < 4.78 is 6.15. The van der Waals surface area contributed by atoms with Crippen molar-refractivity contribution in [2.24, 2.45) is 0 Å². The Labute approximate surface area is 117 Å². The molecular weight excluding hydrogens is 260 g/mol.